The lowest BCUT2D eigenvalue weighted by molar-refractivity contribution is 0.0953. The quantitative estimate of drug-likeness (QED) is 0.813. The first kappa shape index (κ1) is 14.1. The van der Waals surface area contributed by atoms with Gasteiger partial charge in [0.25, 0.3) is 5.91 Å². The SMILES string of the molecule is CCCNC(=O)c1ccc(-c2ccccc2I)cc1. The summed E-state index contributed by atoms with van der Waals surface area (Å²) in [5.74, 6) is -0.00356. The Bertz CT molecular complexity index is 563. The van der Waals surface area contributed by atoms with E-state index in [1.54, 1.807) is 0 Å². The average Bonchev–Trinajstić information content (AvgIpc) is 2.45. The van der Waals surface area contributed by atoms with Gasteiger partial charge >= 0.3 is 0 Å². The van der Waals surface area contributed by atoms with Crippen molar-refractivity contribution in [2.45, 2.75) is 13.3 Å². The molecule has 3 heteroatoms. The first-order valence-corrected chi connectivity index (χ1v) is 7.43. The number of halogens is 1. The summed E-state index contributed by atoms with van der Waals surface area (Å²) in [4.78, 5) is 11.8. The van der Waals surface area contributed by atoms with Crippen LogP contribution in [0.25, 0.3) is 11.1 Å². The molecule has 19 heavy (non-hydrogen) atoms. The molecular weight excluding hydrogens is 349 g/mol. The molecule has 0 unspecified atom stereocenters. The molecule has 1 amide bonds. The van der Waals surface area contributed by atoms with E-state index in [1.165, 1.54) is 9.13 Å². The van der Waals surface area contributed by atoms with Crippen molar-refractivity contribution < 1.29 is 4.79 Å². The van der Waals surface area contributed by atoms with Crippen molar-refractivity contribution in [1.29, 1.82) is 0 Å². The van der Waals surface area contributed by atoms with Crippen LogP contribution in [-0.4, -0.2) is 12.5 Å². The standard InChI is InChI=1S/C16H16INO/c1-2-11-18-16(19)13-9-7-12(8-10-13)14-5-3-4-6-15(14)17/h3-10H,2,11H2,1H3,(H,18,19). The summed E-state index contributed by atoms with van der Waals surface area (Å²) in [5.41, 5.74) is 3.05. The Morgan fingerprint density at radius 2 is 1.79 bits per heavy atom. The van der Waals surface area contributed by atoms with Crippen molar-refractivity contribution in [3.63, 3.8) is 0 Å². The predicted molar refractivity (Wildman–Crippen MR) is 87.2 cm³/mol. The van der Waals surface area contributed by atoms with Crippen molar-refractivity contribution >= 4 is 28.5 Å². The Morgan fingerprint density at radius 1 is 1.11 bits per heavy atom. The molecular formula is C16H16INO. The fraction of sp³-hybridized carbons (Fsp3) is 0.188. The van der Waals surface area contributed by atoms with Gasteiger partial charge in [0.2, 0.25) is 0 Å². The van der Waals surface area contributed by atoms with Gasteiger partial charge in [0.1, 0.15) is 0 Å². The molecule has 2 nitrogen and oxygen atoms in total. The second-order valence-electron chi connectivity index (χ2n) is 4.31. The van der Waals surface area contributed by atoms with E-state index in [4.69, 9.17) is 0 Å². The van der Waals surface area contributed by atoms with E-state index >= 15 is 0 Å². The highest BCUT2D eigenvalue weighted by Crippen LogP contribution is 2.25. The van der Waals surface area contributed by atoms with E-state index in [-0.39, 0.29) is 5.91 Å². The second kappa shape index (κ2) is 6.70. The number of hydrogen-bond acceptors (Lipinski definition) is 1. The number of carbonyl (C=O) groups is 1. The zero-order valence-electron chi connectivity index (χ0n) is 10.8. The highest BCUT2D eigenvalue weighted by Gasteiger charge is 2.06. The summed E-state index contributed by atoms with van der Waals surface area (Å²) in [5, 5.41) is 2.88. The minimum Gasteiger partial charge on any atom is -0.352 e. The van der Waals surface area contributed by atoms with Crippen LogP contribution in [0.4, 0.5) is 0 Å². The number of hydrogen-bond donors (Lipinski definition) is 1. The molecule has 0 radical (unpaired) electrons. The normalized spacial score (nSPS) is 10.2. The minimum atomic E-state index is -0.00356. The third-order valence-corrected chi connectivity index (χ3v) is 3.81. The summed E-state index contributed by atoms with van der Waals surface area (Å²) in [6.45, 7) is 2.76. The van der Waals surface area contributed by atoms with Gasteiger partial charge in [-0.3, -0.25) is 4.79 Å². The number of amides is 1. The van der Waals surface area contributed by atoms with Crippen LogP contribution in [0.15, 0.2) is 48.5 Å². The largest absolute Gasteiger partial charge is 0.352 e. The Balaban J connectivity index is 2.19. The Hall–Kier alpha value is -1.36. The lowest BCUT2D eigenvalue weighted by atomic mass is 10.0. The molecule has 0 saturated carbocycles. The summed E-state index contributed by atoms with van der Waals surface area (Å²) >= 11 is 2.32. The van der Waals surface area contributed by atoms with E-state index in [0.29, 0.717) is 5.56 Å². The summed E-state index contributed by atoms with van der Waals surface area (Å²) in [6, 6.07) is 16.0. The van der Waals surface area contributed by atoms with Crippen LogP contribution >= 0.6 is 22.6 Å². The maximum Gasteiger partial charge on any atom is 0.251 e. The van der Waals surface area contributed by atoms with Crippen molar-refractivity contribution in [2.24, 2.45) is 0 Å². The van der Waals surface area contributed by atoms with Gasteiger partial charge in [-0.25, -0.2) is 0 Å². The van der Waals surface area contributed by atoms with Gasteiger partial charge in [-0.05, 0) is 58.3 Å². The smallest absolute Gasteiger partial charge is 0.251 e. The molecule has 2 rings (SSSR count). The van der Waals surface area contributed by atoms with Gasteiger partial charge < -0.3 is 5.32 Å². The van der Waals surface area contributed by atoms with E-state index in [2.05, 4.69) is 40.0 Å². The van der Waals surface area contributed by atoms with Gasteiger partial charge in [0.05, 0.1) is 0 Å². The maximum absolute atomic E-state index is 11.8. The molecule has 0 aliphatic carbocycles. The van der Waals surface area contributed by atoms with Crippen LogP contribution in [0.5, 0.6) is 0 Å². The van der Waals surface area contributed by atoms with E-state index in [0.717, 1.165) is 18.5 Å². The zero-order valence-corrected chi connectivity index (χ0v) is 13.0. The van der Waals surface area contributed by atoms with E-state index < -0.39 is 0 Å². The minimum absolute atomic E-state index is 0.00356. The van der Waals surface area contributed by atoms with Crippen LogP contribution in [0, 0.1) is 3.57 Å². The van der Waals surface area contributed by atoms with Gasteiger partial charge in [0.15, 0.2) is 0 Å². The van der Waals surface area contributed by atoms with E-state index in [9.17, 15) is 4.79 Å². The van der Waals surface area contributed by atoms with Gasteiger partial charge in [-0.15, -0.1) is 0 Å². The molecule has 1 N–H and O–H groups in total. The van der Waals surface area contributed by atoms with Crippen molar-refractivity contribution in [3.05, 3.63) is 57.7 Å². The lowest BCUT2D eigenvalue weighted by Crippen LogP contribution is -2.23. The molecule has 2 aromatic carbocycles. The first-order chi connectivity index (χ1) is 9.22. The maximum atomic E-state index is 11.8. The summed E-state index contributed by atoms with van der Waals surface area (Å²) < 4.78 is 1.21. The van der Waals surface area contributed by atoms with Crippen LogP contribution in [0.3, 0.4) is 0 Å². The number of carbonyl (C=O) groups excluding carboxylic acids is 1. The Kier molecular flexibility index (Phi) is 4.96. The predicted octanol–water partition coefficient (Wildman–Crippen LogP) is 4.10. The molecule has 0 aromatic heterocycles. The molecule has 0 aliphatic rings. The molecule has 0 heterocycles. The second-order valence-corrected chi connectivity index (χ2v) is 5.48. The van der Waals surface area contributed by atoms with Gasteiger partial charge in [0, 0.05) is 15.7 Å². The van der Waals surface area contributed by atoms with Crippen LogP contribution in [0.1, 0.15) is 23.7 Å². The molecule has 0 saturated heterocycles. The van der Waals surface area contributed by atoms with Crippen molar-refractivity contribution in [2.75, 3.05) is 6.54 Å². The van der Waals surface area contributed by atoms with Crippen LogP contribution in [0.2, 0.25) is 0 Å². The Labute approximate surface area is 127 Å². The highest BCUT2D eigenvalue weighted by molar-refractivity contribution is 14.1. The third-order valence-electron chi connectivity index (χ3n) is 2.87. The van der Waals surface area contributed by atoms with Crippen molar-refractivity contribution in [3.8, 4) is 11.1 Å². The highest BCUT2D eigenvalue weighted by atomic mass is 127. The van der Waals surface area contributed by atoms with E-state index in [1.807, 2.05) is 43.3 Å². The lowest BCUT2D eigenvalue weighted by Gasteiger charge is -2.07. The Morgan fingerprint density at radius 3 is 2.42 bits per heavy atom. The molecule has 2 aromatic rings. The molecule has 0 fully saturated rings. The zero-order chi connectivity index (χ0) is 13.7. The molecule has 0 spiro atoms. The monoisotopic (exact) mass is 365 g/mol. The number of rotatable bonds is 4. The number of benzene rings is 2. The summed E-state index contributed by atoms with van der Waals surface area (Å²) in [7, 11) is 0. The van der Waals surface area contributed by atoms with Crippen molar-refractivity contribution in [1.82, 2.24) is 5.32 Å². The molecule has 98 valence electrons. The molecule has 0 aliphatic heterocycles. The molecule has 0 bridgehead atoms. The molecule has 0 atom stereocenters. The summed E-state index contributed by atoms with van der Waals surface area (Å²) in [6.07, 6.45) is 0.950. The third kappa shape index (κ3) is 3.56. The van der Waals surface area contributed by atoms with Gasteiger partial charge in [-0.1, -0.05) is 37.3 Å². The fourth-order valence-corrected chi connectivity index (χ4v) is 2.54. The van der Waals surface area contributed by atoms with Crippen LogP contribution in [-0.2, 0) is 0 Å². The number of nitrogens with one attached hydrogen (secondary N) is 1. The average molecular weight is 365 g/mol. The topological polar surface area (TPSA) is 29.1 Å². The van der Waals surface area contributed by atoms with Crippen LogP contribution < -0.4 is 5.32 Å². The first-order valence-electron chi connectivity index (χ1n) is 6.35. The fourth-order valence-electron chi connectivity index (χ4n) is 1.84. The van der Waals surface area contributed by atoms with Gasteiger partial charge in [-0.2, -0.15) is 0 Å².